The van der Waals surface area contributed by atoms with E-state index in [2.05, 4.69) is 72.1 Å². The Morgan fingerprint density at radius 3 is 2.29 bits per heavy atom. The number of hydrogen-bond donors (Lipinski definition) is 1. The fourth-order valence-corrected chi connectivity index (χ4v) is 7.96. The number of nitrogens with zero attached hydrogens (tertiary/aromatic N) is 3. The Kier molecular flexibility index (Phi) is 4.55. The van der Waals surface area contributed by atoms with Crippen molar-refractivity contribution in [1.82, 2.24) is 9.38 Å². The van der Waals surface area contributed by atoms with Gasteiger partial charge in [0.05, 0.1) is 16.6 Å². The lowest BCUT2D eigenvalue weighted by molar-refractivity contribution is 0.0105. The number of pyridine rings is 1. The summed E-state index contributed by atoms with van der Waals surface area (Å²) in [6, 6.07) is 19.7. The van der Waals surface area contributed by atoms with E-state index >= 15 is 0 Å². The first-order chi connectivity index (χ1) is 17.0. The lowest BCUT2D eigenvalue weighted by atomic mass is 9.53. The van der Waals surface area contributed by atoms with Gasteiger partial charge < -0.3 is 5.32 Å². The number of imidazole rings is 1. The molecule has 0 atom stereocenters. The summed E-state index contributed by atoms with van der Waals surface area (Å²) in [5.74, 6) is 3.75. The normalized spacial score (nSPS) is 26.9. The molecule has 4 aromatic rings. The maximum Gasteiger partial charge on any atom is 0.157 e. The van der Waals surface area contributed by atoms with Gasteiger partial charge in [-0.1, -0.05) is 42.0 Å². The van der Waals surface area contributed by atoms with Crippen molar-refractivity contribution in [3.63, 3.8) is 0 Å². The van der Waals surface area contributed by atoms with Crippen LogP contribution in [0.4, 0.5) is 5.82 Å². The molecule has 2 aromatic carbocycles. The maximum atomic E-state index is 10.2. The van der Waals surface area contributed by atoms with Crippen LogP contribution in [0.1, 0.15) is 66.3 Å². The van der Waals surface area contributed by atoms with Crippen LogP contribution in [0.2, 0.25) is 0 Å². The van der Waals surface area contributed by atoms with Crippen molar-refractivity contribution in [2.24, 2.45) is 17.8 Å². The van der Waals surface area contributed by atoms with Gasteiger partial charge in [0.25, 0.3) is 0 Å². The number of anilines is 1. The first-order valence-electron chi connectivity index (χ1n) is 13.2. The summed E-state index contributed by atoms with van der Waals surface area (Å²) in [6.07, 6.45) is 8.90. The molecule has 0 spiro atoms. The number of aromatic nitrogens is 2. The molecule has 4 aliphatic carbocycles. The van der Waals surface area contributed by atoms with Gasteiger partial charge in [-0.3, -0.25) is 4.40 Å². The average molecular weight is 461 g/mol. The molecule has 0 radical (unpaired) electrons. The topological polar surface area (TPSA) is 53.1 Å². The van der Waals surface area contributed by atoms with Crippen LogP contribution in [0, 0.1) is 42.9 Å². The molecule has 176 valence electrons. The Balaban J connectivity index is 1.47. The van der Waals surface area contributed by atoms with Crippen LogP contribution in [0.5, 0.6) is 0 Å². The second kappa shape index (κ2) is 7.59. The van der Waals surface area contributed by atoms with Crippen molar-refractivity contribution in [3.05, 3.63) is 76.3 Å². The van der Waals surface area contributed by atoms with E-state index in [9.17, 15) is 5.26 Å². The smallest absolute Gasteiger partial charge is 0.157 e. The van der Waals surface area contributed by atoms with Gasteiger partial charge >= 0.3 is 0 Å². The van der Waals surface area contributed by atoms with Crippen LogP contribution in [-0.4, -0.2) is 14.9 Å². The largest absolute Gasteiger partial charge is 0.365 e. The first kappa shape index (κ1) is 21.0. The van der Waals surface area contributed by atoms with Crippen molar-refractivity contribution in [2.45, 2.75) is 64.3 Å². The molecule has 0 unspecified atom stereocenters. The molecule has 0 saturated heterocycles. The van der Waals surface area contributed by atoms with Crippen molar-refractivity contribution in [1.29, 1.82) is 5.26 Å². The molecule has 0 amide bonds. The molecule has 2 aromatic heterocycles. The number of fused-ring (bicyclic) bond motifs is 3. The Hall–Kier alpha value is -3.32. The Bertz CT molecular complexity index is 1470. The summed E-state index contributed by atoms with van der Waals surface area (Å²) in [5.41, 5.74) is 8.51. The lowest BCUT2D eigenvalue weighted by Gasteiger charge is -2.57. The van der Waals surface area contributed by atoms with E-state index in [-0.39, 0.29) is 5.54 Å². The molecule has 4 bridgehead atoms. The molecule has 4 nitrogen and oxygen atoms in total. The van der Waals surface area contributed by atoms with Gasteiger partial charge in [0.2, 0.25) is 0 Å². The highest BCUT2D eigenvalue weighted by Crippen LogP contribution is 2.57. The number of aryl methyl sites for hydroxylation is 1. The highest BCUT2D eigenvalue weighted by Gasteiger charge is 2.51. The van der Waals surface area contributed by atoms with Gasteiger partial charge in [0.15, 0.2) is 5.65 Å². The predicted octanol–water partition coefficient (Wildman–Crippen LogP) is 6.95. The minimum absolute atomic E-state index is 0.162. The van der Waals surface area contributed by atoms with E-state index in [1.165, 1.54) is 55.2 Å². The summed E-state index contributed by atoms with van der Waals surface area (Å²) in [7, 11) is 0. The Morgan fingerprint density at radius 2 is 1.63 bits per heavy atom. The molecule has 4 fully saturated rings. The van der Waals surface area contributed by atoms with Crippen LogP contribution < -0.4 is 5.32 Å². The minimum Gasteiger partial charge on any atom is -0.365 e. The minimum atomic E-state index is 0.162. The van der Waals surface area contributed by atoms with Crippen LogP contribution in [-0.2, 0) is 6.42 Å². The van der Waals surface area contributed by atoms with E-state index in [1.807, 2.05) is 6.07 Å². The fourth-order valence-electron chi connectivity index (χ4n) is 7.96. The predicted molar refractivity (Wildman–Crippen MR) is 141 cm³/mol. The summed E-state index contributed by atoms with van der Waals surface area (Å²) in [5, 5.41) is 14.5. The molecule has 4 aliphatic rings. The molecule has 35 heavy (non-hydrogen) atoms. The molecule has 2 heterocycles. The number of para-hydroxylation sites is 2. The molecular weight excluding hydrogens is 428 g/mol. The van der Waals surface area contributed by atoms with Crippen LogP contribution in [0.25, 0.3) is 16.7 Å². The third-order valence-electron chi connectivity index (χ3n) is 9.16. The van der Waals surface area contributed by atoms with Crippen LogP contribution in [0.3, 0.4) is 0 Å². The highest BCUT2D eigenvalue weighted by atomic mass is 15.2. The number of hydrogen-bond acceptors (Lipinski definition) is 3. The average Bonchev–Trinajstić information content (AvgIpc) is 3.21. The standard InChI is InChI=1S/C31H32N4/c1-19-7-9-21(10-8-19)14-25-20(2)26(18-32)29-33-27-5-3-4-6-28(27)35(29)30(25)34-31-15-22-11-23(16-31)13-24(12-22)17-31/h3-10,22-24,34H,11-17H2,1-2H3. The fraction of sp³-hybridized carbons (Fsp3) is 0.419. The molecule has 0 aliphatic heterocycles. The summed E-state index contributed by atoms with van der Waals surface area (Å²) in [6.45, 7) is 4.25. The van der Waals surface area contributed by atoms with Crippen molar-refractivity contribution in [3.8, 4) is 6.07 Å². The Labute approximate surface area is 207 Å². The zero-order chi connectivity index (χ0) is 23.7. The van der Waals surface area contributed by atoms with Gasteiger partial charge in [-0.15, -0.1) is 0 Å². The van der Waals surface area contributed by atoms with E-state index in [0.717, 1.165) is 52.2 Å². The van der Waals surface area contributed by atoms with Gasteiger partial charge in [0.1, 0.15) is 11.9 Å². The zero-order valence-electron chi connectivity index (χ0n) is 20.6. The zero-order valence-corrected chi connectivity index (χ0v) is 20.6. The summed E-state index contributed by atoms with van der Waals surface area (Å²) >= 11 is 0. The van der Waals surface area contributed by atoms with Gasteiger partial charge in [0, 0.05) is 17.5 Å². The SMILES string of the molecule is Cc1ccc(Cc2c(C)c(C#N)c3nc4ccccc4n3c2NC23CC4CC(CC(C4)C2)C3)cc1. The first-order valence-corrected chi connectivity index (χ1v) is 13.2. The number of nitrogens with one attached hydrogen (secondary N) is 1. The van der Waals surface area contributed by atoms with Gasteiger partial charge in [-0.05, 0) is 93.4 Å². The monoisotopic (exact) mass is 460 g/mol. The second-order valence-corrected chi connectivity index (χ2v) is 11.7. The molecular formula is C31H32N4. The molecule has 8 rings (SSSR count). The number of benzene rings is 2. The van der Waals surface area contributed by atoms with Crippen LogP contribution >= 0.6 is 0 Å². The Morgan fingerprint density at radius 1 is 0.971 bits per heavy atom. The molecule has 4 heteroatoms. The van der Waals surface area contributed by atoms with Gasteiger partial charge in [-0.2, -0.15) is 5.26 Å². The van der Waals surface area contributed by atoms with E-state index < -0.39 is 0 Å². The highest BCUT2D eigenvalue weighted by molar-refractivity contribution is 5.86. The van der Waals surface area contributed by atoms with Crippen molar-refractivity contribution < 1.29 is 0 Å². The second-order valence-electron chi connectivity index (χ2n) is 11.7. The maximum absolute atomic E-state index is 10.2. The van der Waals surface area contributed by atoms with E-state index in [0.29, 0.717) is 5.56 Å². The molecule has 4 saturated carbocycles. The third kappa shape index (κ3) is 3.28. The van der Waals surface area contributed by atoms with E-state index in [4.69, 9.17) is 4.98 Å². The number of rotatable bonds is 4. The van der Waals surface area contributed by atoms with E-state index in [1.54, 1.807) is 0 Å². The lowest BCUT2D eigenvalue weighted by Crippen LogP contribution is -2.55. The van der Waals surface area contributed by atoms with Crippen molar-refractivity contribution >= 4 is 22.5 Å². The quantitative estimate of drug-likeness (QED) is 0.359. The van der Waals surface area contributed by atoms with Crippen molar-refractivity contribution in [2.75, 3.05) is 5.32 Å². The third-order valence-corrected chi connectivity index (χ3v) is 9.16. The van der Waals surface area contributed by atoms with Gasteiger partial charge in [-0.25, -0.2) is 4.98 Å². The summed E-state index contributed by atoms with van der Waals surface area (Å²) in [4.78, 5) is 4.96. The molecule has 1 N–H and O–H groups in total. The summed E-state index contributed by atoms with van der Waals surface area (Å²) < 4.78 is 2.27. The number of nitriles is 1. The van der Waals surface area contributed by atoms with Crippen LogP contribution in [0.15, 0.2) is 48.5 Å².